The Morgan fingerprint density at radius 1 is 1.33 bits per heavy atom. The van der Waals surface area contributed by atoms with Crippen LogP contribution in [0.5, 0.6) is 0 Å². The van der Waals surface area contributed by atoms with E-state index in [2.05, 4.69) is 6.92 Å². The van der Waals surface area contributed by atoms with E-state index >= 15 is 0 Å². The van der Waals surface area contributed by atoms with Gasteiger partial charge in [-0.1, -0.05) is 26.7 Å². The van der Waals surface area contributed by atoms with Crippen molar-refractivity contribution in [1.29, 1.82) is 0 Å². The zero-order valence-corrected chi connectivity index (χ0v) is 8.43. The van der Waals surface area contributed by atoms with Crippen LogP contribution in [0.4, 0.5) is 0 Å². The van der Waals surface area contributed by atoms with E-state index in [1.807, 2.05) is 13.8 Å². The Kier molecular flexibility index (Phi) is 6.82. The first-order valence-electron chi connectivity index (χ1n) is 4.90. The van der Waals surface area contributed by atoms with Crippen LogP contribution in [0.1, 0.15) is 52.9 Å². The van der Waals surface area contributed by atoms with E-state index in [1.165, 1.54) is 0 Å². The third-order valence-corrected chi connectivity index (χ3v) is 1.75. The molecule has 1 atom stereocenters. The third kappa shape index (κ3) is 6.20. The molecule has 2 heteroatoms. The van der Waals surface area contributed by atoms with Crippen LogP contribution in [-0.4, -0.2) is 12.1 Å². The third-order valence-electron chi connectivity index (χ3n) is 1.75. The van der Waals surface area contributed by atoms with Gasteiger partial charge in [0.25, 0.3) is 0 Å². The van der Waals surface area contributed by atoms with Crippen molar-refractivity contribution >= 4 is 5.97 Å². The van der Waals surface area contributed by atoms with Gasteiger partial charge in [0, 0.05) is 6.42 Å². The summed E-state index contributed by atoms with van der Waals surface area (Å²) in [6, 6.07) is 0. The van der Waals surface area contributed by atoms with E-state index in [-0.39, 0.29) is 12.1 Å². The van der Waals surface area contributed by atoms with Crippen LogP contribution >= 0.6 is 0 Å². The fraction of sp³-hybridized carbons (Fsp3) is 0.900. The normalized spacial score (nSPS) is 12.6. The second-order valence-electron chi connectivity index (χ2n) is 3.19. The smallest absolute Gasteiger partial charge is 0.306 e. The van der Waals surface area contributed by atoms with Gasteiger partial charge in [-0.15, -0.1) is 0 Å². The second-order valence-corrected chi connectivity index (χ2v) is 3.19. The van der Waals surface area contributed by atoms with E-state index < -0.39 is 0 Å². The average Bonchev–Trinajstić information content (AvgIpc) is 2.01. The molecular formula is C10H20O2. The van der Waals surface area contributed by atoms with Gasteiger partial charge in [0.05, 0.1) is 6.10 Å². The summed E-state index contributed by atoms with van der Waals surface area (Å²) in [5.41, 5.74) is 0. The van der Waals surface area contributed by atoms with E-state index in [1.54, 1.807) is 0 Å². The van der Waals surface area contributed by atoms with E-state index in [4.69, 9.17) is 4.74 Å². The van der Waals surface area contributed by atoms with Crippen LogP contribution in [0.2, 0.25) is 0 Å². The molecule has 0 aromatic rings. The molecule has 0 N–H and O–H groups in total. The Hall–Kier alpha value is -0.530. The predicted molar refractivity (Wildman–Crippen MR) is 50.0 cm³/mol. The summed E-state index contributed by atoms with van der Waals surface area (Å²) in [5.74, 6) is -0.0545. The lowest BCUT2D eigenvalue weighted by Crippen LogP contribution is -2.14. The summed E-state index contributed by atoms with van der Waals surface area (Å²) in [4.78, 5) is 11.0. The van der Waals surface area contributed by atoms with Gasteiger partial charge in [0.15, 0.2) is 0 Å². The molecule has 0 aliphatic heterocycles. The van der Waals surface area contributed by atoms with Gasteiger partial charge >= 0.3 is 5.97 Å². The number of hydrogen-bond acceptors (Lipinski definition) is 2. The molecule has 12 heavy (non-hydrogen) atoms. The number of esters is 1. The lowest BCUT2D eigenvalue weighted by Gasteiger charge is -2.11. The highest BCUT2D eigenvalue weighted by Gasteiger charge is 2.06. The predicted octanol–water partition coefficient (Wildman–Crippen LogP) is 2.91. The van der Waals surface area contributed by atoms with Crippen LogP contribution in [-0.2, 0) is 9.53 Å². The van der Waals surface area contributed by atoms with Crippen LogP contribution in [0.3, 0.4) is 0 Å². The Labute approximate surface area is 75.3 Å². The summed E-state index contributed by atoms with van der Waals surface area (Å²) in [6.45, 7) is 6.09. The van der Waals surface area contributed by atoms with Gasteiger partial charge in [0.2, 0.25) is 0 Å². The van der Waals surface area contributed by atoms with Crippen LogP contribution < -0.4 is 0 Å². The molecule has 0 bridgehead atoms. The molecule has 0 fully saturated rings. The summed E-state index contributed by atoms with van der Waals surface area (Å²) in [5, 5.41) is 0. The molecule has 1 unspecified atom stereocenters. The van der Waals surface area contributed by atoms with Crippen LogP contribution in [0.15, 0.2) is 0 Å². The Morgan fingerprint density at radius 3 is 2.50 bits per heavy atom. The van der Waals surface area contributed by atoms with Crippen molar-refractivity contribution in [3.63, 3.8) is 0 Å². The van der Waals surface area contributed by atoms with Gasteiger partial charge in [-0.05, 0) is 19.8 Å². The fourth-order valence-corrected chi connectivity index (χ4v) is 1.04. The van der Waals surface area contributed by atoms with Crippen molar-refractivity contribution in [2.75, 3.05) is 0 Å². The molecule has 0 saturated heterocycles. The minimum absolute atomic E-state index is 0.0545. The largest absolute Gasteiger partial charge is 0.463 e. The highest BCUT2D eigenvalue weighted by Crippen LogP contribution is 2.05. The molecule has 0 amide bonds. The molecule has 0 aliphatic rings. The molecule has 0 aromatic carbocycles. The van der Waals surface area contributed by atoms with Gasteiger partial charge in [-0.3, -0.25) is 4.79 Å². The Balaban J connectivity index is 3.40. The van der Waals surface area contributed by atoms with E-state index in [0.717, 1.165) is 25.7 Å². The number of rotatable bonds is 6. The number of ether oxygens (including phenoxy) is 1. The number of unbranched alkanes of at least 4 members (excludes halogenated alkanes) is 1. The minimum Gasteiger partial charge on any atom is -0.463 e. The molecule has 0 rings (SSSR count). The van der Waals surface area contributed by atoms with E-state index in [9.17, 15) is 4.79 Å². The van der Waals surface area contributed by atoms with Crippen molar-refractivity contribution in [2.45, 2.75) is 59.0 Å². The van der Waals surface area contributed by atoms with Gasteiger partial charge in [0.1, 0.15) is 0 Å². The topological polar surface area (TPSA) is 26.3 Å². The zero-order chi connectivity index (χ0) is 9.40. The van der Waals surface area contributed by atoms with Crippen molar-refractivity contribution in [3.05, 3.63) is 0 Å². The van der Waals surface area contributed by atoms with Crippen molar-refractivity contribution in [2.24, 2.45) is 0 Å². The van der Waals surface area contributed by atoms with Crippen molar-refractivity contribution in [1.82, 2.24) is 0 Å². The molecule has 0 aliphatic carbocycles. The molecule has 2 nitrogen and oxygen atoms in total. The lowest BCUT2D eigenvalue weighted by molar-refractivity contribution is -0.148. The Bertz CT molecular complexity index is 121. The van der Waals surface area contributed by atoms with Crippen molar-refractivity contribution < 1.29 is 9.53 Å². The highest BCUT2D eigenvalue weighted by atomic mass is 16.5. The lowest BCUT2D eigenvalue weighted by atomic mass is 10.2. The van der Waals surface area contributed by atoms with Crippen LogP contribution in [0, 0.1) is 0 Å². The SMILES string of the molecule is CCCCC(C)OC(=O)CCC. The highest BCUT2D eigenvalue weighted by molar-refractivity contribution is 5.69. The maximum atomic E-state index is 11.0. The molecule has 0 saturated carbocycles. The maximum absolute atomic E-state index is 11.0. The monoisotopic (exact) mass is 172 g/mol. The molecule has 0 spiro atoms. The van der Waals surface area contributed by atoms with Gasteiger partial charge in [-0.25, -0.2) is 0 Å². The second kappa shape index (κ2) is 7.14. The summed E-state index contributed by atoms with van der Waals surface area (Å²) >= 11 is 0. The van der Waals surface area contributed by atoms with E-state index in [0.29, 0.717) is 6.42 Å². The summed E-state index contributed by atoms with van der Waals surface area (Å²) in [7, 11) is 0. The molecule has 72 valence electrons. The van der Waals surface area contributed by atoms with Crippen molar-refractivity contribution in [3.8, 4) is 0 Å². The van der Waals surface area contributed by atoms with Gasteiger partial charge in [-0.2, -0.15) is 0 Å². The minimum atomic E-state index is -0.0545. The zero-order valence-electron chi connectivity index (χ0n) is 8.43. The van der Waals surface area contributed by atoms with Crippen LogP contribution in [0.25, 0.3) is 0 Å². The molecule has 0 heterocycles. The fourth-order valence-electron chi connectivity index (χ4n) is 1.04. The maximum Gasteiger partial charge on any atom is 0.306 e. The number of carbonyl (C=O) groups excluding carboxylic acids is 1. The summed E-state index contributed by atoms with van der Waals surface area (Å²) in [6.07, 6.45) is 4.82. The first-order chi connectivity index (χ1) is 5.70. The quantitative estimate of drug-likeness (QED) is 0.576. The number of hydrogen-bond donors (Lipinski definition) is 0. The first kappa shape index (κ1) is 11.5. The summed E-state index contributed by atoms with van der Waals surface area (Å²) < 4.78 is 5.15. The standard InChI is InChI=1S/C10H20O2/c1-4-6-8-9(3)12-10(11)7-5-2/h9H,4-8H2,1-3H3. The Morgan fingerprint density at radius 2 is 2.00 bits per heavy atom. The average molecular weight is 172 g/mol. The van der Waals surface area contributed by atoms with Gasteiger partial charge < -0.3 is 4.74 Å². The molecular weight excluding hydrogens is 152 g/mol. The molecule has 0 aromatic heterocycles. The molecule has 0 radical (unpaired) electrons. The number of carbonyl (C=O) groups is 1. The first-order valence-corrected chi connectivity index (χ1v) is 4.90.